The van der Waals surface area contributed by atoms with Gasteiger partial charge in [-0.15, -0.1) is 0 Å². The number of nitrogens with one attached hydrogen (secondary N) is 1. The van der Waals surface area contributed by atoms with Crippen molar-refractivity contribution in [3.63, 3.8) is 0 Å². The number of anilines is 2. The smallest absolute Gasteiger partial charge is 0.321 e. The molecule has 0 unspecified atom stereocenters. The van der Waals surface area contributed by atoms with Gasteiger partial charge in [-0.25, -0.2) is 9.78 Å². The Morgan fingerprint density at radius 3 is 2.38 bits per heavy atom. The number of ether oxygens (including phenoxy) is 2. The Kier molecular flexibility index (Phi) is 6.39. The Hall–Kier alpha value is -3.82. The van der Waals surface area contributed by atoms with E-state index in [0.717, 1.165) is 11.4 Å². The Morgan fingerprint density at radius 2 is 1.81 bits per heavy atom. The summed E-state index contributed by atoms with van der Waals surface area (Å²) >= 11 is 0. The zero-order valence-electron chi connectivity index (χ0n) is 18.4. The van der Waals surface area contributed by atoms with E-state index in [1.807, 2.05) is 19.1 Å². The summed E-state index contributed by atoms with van der Waals surface area (Å²) in [5, 5.41) is 6.90. The zero-order chi connectivity index (χ0) is 22.5. The van der Waals surface area contributed by atoms with Gasteiger partial charge < -0.3 is 29.1 Å². The third kappa shape index (κ3) is 4.74. The number of urea groups is 1. The lowest BCUT2D eigenvalue weighted by molar-refractivity contribution is 0.208. The molecule has 1 N–H and O–H groups in total. The van der Waals surface area contributed by atoms with Crippen molar-refractivity contribution >= 4 is 17.5 Å². The van der Waals surface area contributed by atoms with Crippen LogP contribution >= 0.6 is 0 Å². The Labute approximate surface area is 186 Å². The van der Waals surface area contributed by atoms with Crippen LogP contribution in [-0.2, 0) is 6.42 Å². The molecule has 0 radical (unpaired) electrons. The highest BCUT2D eigenvalue weighted by Gasteiger charge is 2.22. The van der Waals surface area contributed by atoms with Crippen LogP contribution in [0.3, 0.4) is 0 Å². The summed E-state index contributed by atoms with van der Waals surface area (Å²) in [4.78, 5) is 25.5. The molecule has 4 rings (SSSR count). The first-order valence-corrected chi connectivity index (χ1v) is 10.4. The molecule has 1 fully saturated rings. The van der Waals surface area contributed by atoms with Gasteiger partial charge in [-0.1, -0.05) is 12.1 Å². The molecule has 3 aromatic rings. The van der Waals surface area contributed by atoms with Crippen LogP contribution in [0, 0.1) is 0 Å². The van der Waals surface area contributed by atoms with Gasteiger partial charge in [-0.3, -0.25) is 0 Å². The van der Waals surface area contributed by atoms with Crippen LogP contribution in [0.4, 0.5) is 16.3 Å². The number of rotatable bonds is 6. The molecule has 0 bridgehead atoms. The fourth-order valence-corrected chi connectivity index (χ4v) is 3.44. The van der Waals surface area contributed by atoms with E-state index in [1.165, 1.54) is 0 Å². The van der Waals surface area contributed by atoms with Crippen molar-refractivity contribution < 1.29 is 18.8 Å². The van der Waals surface area contributed by atoms with Crippen LogP contribution in [0.2, 0.25) is 0 Å². The fourth-order valence-electron chi connectivity index (χ4n) is 3.44. The average Bonchev–Trinajstić information content (AvgIpc) is 3.33. The van der Waals surface area contributed by atoms with Crippen LogP contribution in [-0.4, -0.2) is 66.5 Å². The predicted octanol–water partition coefficient (Wildman–Crippen LogP) is 3.07. The molecule has 0 atom stereocenters. The second-order valence-corrected chi connectivity index (χ2v) is 7.28. The van der Waals surface area contributed by atoms with Gasteiger partial charge in [-0.05, 0) is 12.1 Å². The van der Waals surface area contributed by atoms with Gasteiger partial charge in [0, 0.05) is 68.2 Å². The van der Waals surface area contributed by atoms with Gasteiger partial charge in [0.2, 0.25) is 11.7 Å². The van der Waals surface area contributed by atoms with Gasteiger partial charge >= 0.3 is 6.03 Å². The second kappa shape index (κ2) is 9.54. The number of piperazine rings is 1. The zero-order valence-corrected chi connectivity index (χ0v) is 18.4. The minimum Gasteiger partial charge on any atom is -0.497 e. The number of nitrogens with zero attached hydrogens (tertiary/aromatic N) is 5. The Bertz CT molecular complexity index is 1040. The van der Waals surface area contributed by atoms with E-state index in [2.05, 4.69) is 25.3 Å². The van der Waals surface area contributed by atoms with Gasteiger partial charge in [0.05, 0.1) is 14.2 Å². The Morgan fingerprint density at radius 1 is 1.09 bits per heavy atom. The number of benzene rings is 1. The highest BCUT2D eigenvalue weighted by Crippen LogP contribution is 2.26. The molecule has 32 heavy (non-hydrogen) atoms. The summed E-state index contributed by atoms with van der Waals surface area (Å²) < 4.78 is 15.7. The second-order valence-electron chi connectivity index (χ2n) is 7.28. The molecule has 1 aliphatic heterocycles. The lowest BCUT2D eigenvalue weighted by Gasteiger charge is -2.35. The molecule has 0 aliphatic carbocycles. The maximum atomic E-state index is 12.7. The van der Waals surface area contributed by atoms with Crippen molar-refractivity contribution in [2.45, 2.75) is 13.3 Å². The SMILES string of the molecule is CCc1nc(-c2ccc(N3CCN(C(=O)Nc4cc(OC)cc(OC)c4)CC3)nc2)no1. The van der Waals surface area contributed by atoms with E-state index >= 15 is 0 Å². The van der Waals surface area contributed by atoms with Crippen molar-refractivity contribution in [3.05, 3.63) is 42.4 Å². The summed E-state index contributed by atoms with van der Waals surface area (Å²) in [5.41, 5.74) is 1.43. The maximum Gasteiger partial charge on any atom is 0.321 e. The number of aryl methyl sites for hydroxylation is 1. The number of carbonyl (C=O) groups excluding carboxylic acids is 1. The molecule has 10 heteroatoms. The van der Waals surface area contributed by atoms with Crippen molar-refractivity contribution in [3.8, 4) is 22.9 Å². The molecule has 0 spiro atoms. The maximum absolute atomic E-state index is 12.7. The van der Waals surface area contributed by atoms with E-state index in [4.69, 9.17) is 14.0 Å². The first-order valence-electron chi connectivity index (χ1n) is 10.4. The van der Waals surface area contributed by atoms with Crippen molar-refractivity contribution in [1.29, 1.82) is 0 Å². The average molecular weight is 438 g/mol. The van der Waals surface area contributed by atoms with Gasteiger partial charge in [0.1, 0.15) is 17.3 Å². The van der Waals surface area contributed by atoms with Crippen LogP contribution in [0.5, 0.6) is 11.5 Å². The minimum absolute atomic E-state index is 0.160. The van der Waals surface area contributed by atoms with Crippen LogP contribution in [0.1, 0.15) is 12.8 Å². The molecule has 2 aromatic heterocycles. The molecule has 3 heterocycles. The predicted molar refractivity (Wildman–Crippen MR) is 119 cm³/mol. The number of aromatic nitrogens is 3. The normalized spacial score (nSPS) is 13.7. The number of pyridine rings is 1. The molecular weight excluding hydrogens is 412 g/mol. The lowest BCUT2D eigenvalue weighted by Crippen LogP contribution is -2.50. The summed E-state index contributed by atoms with van der Waals surface area (Å²) in [6, 6.07) is 8.99. The number of hydrogen-bond donors (Lipinski definition) is 1. The van der Waals surface area contributed by atoms with Crippen LogP contribution in [0.15, 0.2) is 41.1 Å². The quantitative estimate of drug-likeness (QED) is 0.626. The van der Waals surface area contributed by atoms with Crippen molar-refractivity contribution in [2.75, 3.05) is 50.6 Å². The van der Waals surface area contributed by atoms with E-state index in [0.29, 0.717) is 61.5 Å². The molecular formula is C22H26N6O4. The van der Waals surface area contributed by atoms with Crippen LogP contribution < -0.4 is 19.7 Å². The largest absolute Gasteiger partial charge is 0.497 e. The van der Waals surface area contributed by atoms with E-state index in [1.54, 1.807) is 43.5 Å². The first kappa shape index (κ1) is 21.4. The molecule has 0 saturated carbocycles. The highest BCUT2D eigenvalue weighted by atomic mass is 16.5. The van der Waals surface area contributed by atoms with E-state index in [-0.39, 0.29) is 6.03 Å². The van der Waals surface area contributed by atoms with Crippen molar-refractivity contribution in [1.82, 2.24) is 20.0 Å². The van der Waals surface area contributed by atoms with E-state index in [9.17, 15) is 4.79 Å². The molecule has 2 amide bonds. The molecule has 168 valence electrons. The lowest BCUT2D eigenvalue weighted by atomic mass is 10.2. The van der Waals surface area contributed by atoms with Gasteiger partial charge in [0.25, 0.3) is 0 Å². The minimum atomic E-state index is -0.160. The summed E-state index contributed by atoms with van der Waals surface area (Å²) in [7, 11) is 3.15. The molecule has 1 aliphatic rings. The third-order valence-corrected chi connectivity index (χ3v) is 5.27. The Balaban J connectivity index is 1.34. The monoisotopic (exact) mass is 438 g/mol. The van der Waals surface area contributed by atoms with E-state index < -0.39 is 0 Å². The number of methoxy groups -OCH3 is 2. The van der Waals surface area contributed by atoms with Gasteiger partial charge in [0.15, 0.2) is 0 Å². The highest BCUT2D eigenvalue weighted by molar-refractivity contribution is 5.90. The molecule has 10 nitrogen and oxygen atoms in total. The number of amides is 2. The van der Waals surface area contributed by atoms with Gasteiger partial charge in [-0.2, -0.15) is 4.98 Å². The van der Waals surface area contributed by atoms with Crippen molar-refractivity contribution in [2.24, 2.45) is 0 Å². The summed E-state index contributed by atoms with van der Waals surface area (Å²) in [5.74, 6) is 3.23. The number of carbonyl (C=O) groups is 1. The summed E-state index contributed by atoms with van der Waals surface area (Å²) in [6.07, 6.45) is 2.44. The standard InChI is InChI=1S/C22H26N6O4/c1-4-20-25-21(26-32-20)15-5-6-19(23-14-15)27-7-9-28(10-8-27)22(29)24-16-11-17(30-2)13-18(12-16)31-3/h5-6,11-14H,4,7-10H2,1-3H3,(H,24,29). The topological polar surface area (TPSA) is 106 Å². The molecule has 1 aromatic carbocycles. The summed E-state index contributed by atoms with van der Waals surface area (Å²) in [6.45, 7) is 4.50. The molecule has 1 saturated heterocycles. The van der Waals surface area contributed by atoms with Crippen LogP contribution in [0.25, 0.3) is 11.4 Å². The third-order valence-electron chi connectivity index (χ3n) is 5.27. The fraction of sp³-hybridized carbons (Fsp3) is 0.364. The number of hydrogen-bond acceptors (Lipinski definition) is 8. The first-order chi connectivity index (χ1) is 15.6.